The standard InChI is InChI=1S/C38H44ClN5O9/c1-20-8-7-9-29(50-6)38(48)19-28(51-36(47)43-38)21(2)34-37(3,53-34)30(18-32(45)44(4)26-15-22(14-20)16-27(49-5)33(26)39)52-35(46)41-24-11-12-25-23(17-24)10-13-31(40)42-25/h7-13,15-17,21,28-30,34,48H,14,18-19H2,1-6H3,(H2,40,42)(H,41,46)(H,43,47)/b9-7+,20-8+/t21-,28+,29-,30+,34+,37+,38+/m1/s1. The van der Waals surface area contributed by atoms with Crippen LogP contribution in [0.25, 0.3) is 10.9 Å². The zero-order chi connectivity index (χ0) is 38.2. The number of hydrogen-bond donors (Lipinski definition) is 4. The average Bonchev–Trinajstić information content (AvgIpc) is 3.81. The fourth-order valence-corrected chi connectivity index (χ4v) is 7.41. The van der Waals surface area contributed by atoms with E-state index in [2.05, 4.69) is 15.6 Å². The number of nitrogens with two attached hydrogens (primary N) is 1. The van der Waals surface area contributed by atoms with E-state index < -0.39 is 59.8 Å². The molecular weight excluding hydrogens is 706 g/mol. The first-order valence-electron chi connectivity index (χ1n) is 17.2. The monoisotopic (exact) mass is 749 g/mol. The number of hydrogen-bond acceptors (Lipinski definition) is 11. The lowest BCUT2D eigenvalue weighted by atomic mass is 9.83. The van der Waals surface area contributed by atoms with E-state index in [4.69, 9.17) is 41.0 Å². The maximum atomic E-state index is 14.1. The second-order valence-corrected chi connectivity index (χ2v) is 14.3. The number of epoxide rings is 1. The number of rotatable bonds is 4. The van der Waals surface area contributed by atoms with Gasteiger partial charge >= 0.3 is 12.2 Å². The van der Waals surface area contributed by atoms with Crippen molar-refractivity contribution in [2.75, 3.05) is 37.2 Å². The molecule has 0 radical (unpaired) electrons. The van der Waals surface area contributed by atoms with E-state index in [1.54, 1.807) is 68.6 Å². The molecule has 0 unspecified atom stereocenters. The van der Waals surface area contributed by atoms with Gasteiger partial charge in [0.05, 0.1) is 30.8 Å². The Bertz CT molecular complexity index is 1990. The lowest BCUT2D eigenvalue weighted by Crippen LogP contribution is -2.63. The summed E-state index contributed by atoms with van der Waals surface area (Å²) < 4.78 is 29.1. The maximum Gasteiger partial charge on any atom is 0.412 e. The zero-order valence-corrected chi connectivity index (χ0v) is 31.1. The lowest BCUT2D eigenvalue weighted by Gasteiger charge is -2.42. The number of ether oxygens (including phenoxy) is 5. The second kappa shape index (κ2) is 14.9. The van der Waals surface area contributed by atoms with Gasteiger partial charge in [-0.2, -0.15) is 0 Å². The Morgan fingerprint density at radius 3 is 2.70 bits per heavy atom. The molecule has 3 aliphatic heterocycles. The molecule has 15 heteroatoms. The van der Waals surface area contributed by atoms with Crippen LogP contribution in [0.15, 0.2) is 66.3 Å². The zero-order valence-electron chi connectivity index (χ0n) is 30.3. The molecule has 3 aliphatic rings. The van der Waals surface area contributed by atoms with Gasteiger partial charge in [-0.3, -0.25) is 15.4 Å². The average molecular weight is 750 g/mol. The Hall–Kier alpha value is -4.89. The summed E-state index contributed by atoms with van der Waals surface area (Å²) in [7, 11) is 4.52. The van der Waals surface area contributed by atoms with Gasteiger partial charge in [0.25, 0.3) is 0 Å². The van der Waals surface area contributed by atoms with Crippen LogP contribution in [0.1, 0.15) is 39.2 Å². The number of nitrogens with one attached hydrogen (secondary N) is 2. The van der Waals surface area contributed by atoms with Crippen LogP contribution in [0.4, 0.5) is 26.8 Å². The van der Waals surface area contributed by atoms with Crippen molar-refractivity contribution in [2.45, 2.75) is 75.8 Å². The number of benzene rings is 2. The van der Waals surface area contributed by atoms with Crippen molar-refractivity contribution in [2.24, 2.45) is 5.92 Å². The van der Waals surface area contributed by atoms with Crippen LogP contribution in [0, 0.1) is 5.92 Å². The molecule has 2 saturated heterocycles. The number of allylic oxidation sites excluding steroid dienone is 3. The molecular formula is C38H44ClN5O9. The van der Waals surface area contributed by atoms with Gasteiger partial charge in [-0.15, -0.1) is 0 Å². The van der Waals surface area contributed by atoms with E-state index in [0.29, 0.717) is 34.9 Å². The highest BCUT2D eigenvalue weighted by atomic mass is 35.5. The fraction of sp³-hybridized carbons (Fsp3) is 0.421. The number of aliphatic hydroxyl groups is 1. The van der Waals surface area contributed by atoms with Crippen molar-refractivity contribution in [3.8, 4) is 5.75 Å². The predicted molar refractivity (Wildman–Crippen MR) is 199 cm³/mol. The molecule has 4 bridgehead atoms. The van der Waals surface area contributed by atoms with E-state index in [1.807, 2.05) is 19.9 Å². The van der Waals surface area contributed by atoms with Crippen LogP contribution in [0.2, 0.25) is 5.02 Å². The summed E-state index contributed by atoms with van der Waals surface area (Å²) in [5.74, 6) is -0.182. The summed E-state index contributed by atoms with van der Waals surface area (Å²) >= 11 is 6.76. The molecule has 3 amide bonds. The molecule has 4 heterocycles. The lowest BCUT2D eigenvalue weighted by molar-refractivity contribution is -0.142. The number of aromatic nitrogens is 1. The van der Waals surface area contributed by atoms with E-state index in [1.165, 1.54) is 19.1 Å². The van der Waals surface area contributed by atoms with Crippen LogP contribution in [0.5, 0.6) is 5.75 Å². The summed E-state index contributed by atoms with van der Waals surface area (Å²) in [5, 5.41) is 18.0. The molecule has 0 spiro atoms. The molecule has 14 nitrogen and oxygen atoms in total. The van der Waals surface area contributed by atoms with Gasteiger partial charge in [-0.05, 0) is 68.3 Å². The van der Waals surface area contributed by atoms with Gasteiger partial charge in [-0.1, -0.05) is 42.3 Å². The number of anilines is 3. The van der Waals surface area contributed by atoms with Crippen molar-refractivity contribution in [1.29, 1.82) is 0 Å². The highest BCUT2D eigenvalue weighted by Crippen LogP contribution is 2.49. The molecule has 0 saturated carbocycles. The third-order valence-electron chi connectivity index (χ3n) is 10.2. The smallest absolute Gasteiger partial charge is 0.412 e. The Balaban J connectivity index is 1.36. The molecule has 0 aliphatic carbocycles. The molecule has 53 heavy (non-hydrogen) atoms. The number of alkyl carbamates (subject to hydrolysis) is 1. The van der Waals surface area contributed by atoms with Gasteiger partial charge in [0.1, 0.15) is 40.5 Å². The Labute approximate surface area is 312 Å². The number of amides is 3. The number of methoxy groups -OCH3 is 2. The highest BCUT2D eigenvalue weighted by molar-refractivity contribution is 6.35. The highest BCUT2D eigenvalue weighted by Gasteiger charge is 2.64. The quantitative estimate of drug-likeness (QED) is 0.247. The molecule has 5 N–H and O–H groups in total. The van der Waals surface area contributed by atoms with Crippen LogP contribution in [-0.2, 0) is 30.2 Å². The number of carbonyl (C=O) groups is 3. The molecule has 282 valence electrons. The van der Waals surface area contributed by atoms with E-state index in [-0.39, 0.29) is 17.9 Å². The number of nitrogen functional groups attached to an aromatic ring is 1. The number of halogens is 1. The van der Waals surface area contributed by atoms with Gasteiger partial charge in [0.2, 0.25) is 5.91 Å². The molecule has 1 aromatic heterocycles. The molecule has 6 rings (SSSR count). The van der Waals surface area contributed by atoms with E-state index >= 15 is 0 Å². The van der Waals surface area contributed by atoms with Crippen LogP contribution < -0.4 is 26.0 Å². The minimum absolute atomic E-state index is 0.0400. The minimum Gasteiger partial charge on any atom is -0.495 e. The van der Waals surface area contributed by atoms with Crippen molar-refractivity contribution < 1.29 is 43.2 Å². The first kappa shape index (κ1) is 37.9. The van der Waals surface area contributed by atoms with Crippen LogP contribution in [-0.4, -0.2) is 85.2 Å². The van der Waals surface area contributed by atoms with Crippen molar-refractivity contribution in [1.82, 2.24) is 10.3 Å². The van der Waals surface area contributed by atoms with Gasteiger partial charge in [0, 0.05) is 37.6 Å². The first-order valence-corrected chi connectivity index (χ1v) is 17.5. The third-order valence-corrected chi connectivity index (χ3v) is 10.5. The topological polar surface area (TPSA) is 187 Å². The number of pyridine rings is 1. The normalized spacial score (nSPS) is 30.6. The van der Waals surface area contributed by atoms with Gasteiger partial charge in [0.15, 0.2) is 5.72 Å². The summed E-state index contributed by atoms with van der Waals surface area (Å²) in [4.78, 5) is 46.2. The van der Waals surface area contributed by atoms with Gasteiger partial charge in [-0.25, -0.2) is 14.6 Å². The molecule has 2 fully saturated rings. The van der Waals surface area contributed by atoms with Crippen molar-refractivity contribution in [3.05, 3.63) is 76.9 Å². The van der Waals surface area contributed by atoms with E-state index in [9.17, 15) is 19.5 Å². The largest absolute Gasteiger partial charge is 0.495 e. The summed E-state index contributed by atoms with van der Waals surface area (Å²) in [6.45, 7) is 5.47. The predicted octanol–water partition coefficient (Wildman–Crippen LogP) is 5.50. The molecule has 7 atom stereocenters. The van der Waals surface area contributed by atoms with Crippen molar-refractivity contribution in [3.63, 3.8) is 0 Å². The Morgan fingerprint density at radius 1 is 1.19 bits per heavy atom. The van der Waals surface area contributed by atoms with Crippen LogP contribution in [0.3, 0.4) is 0 Å². The first-order chi connectivity index (χ1) is 25.1. The molecule has 2 aromatic carbocycles. The van der Waals surface area contributed by atoms with Crippen LogP contribution >= 0.6 is 11.6 Å². The summed E-state index contributed by atoms with van der Waals surface area (Å²) in [6.07, 6.45) is 0.236. The third kappa shape index (κ3) is 7.91. The Morgan fingerprint density at radius 2 is 1.96 bits per heavy atom. The summed E-state index contributed by atoms with van der Waals surface area (Å²) in [6, 6.07) is 12.2. The SMILES string of the molecule is COc1cc2cc(c1Cl)N(C)C(=O)C[C@H](OC(=O)Nc1ccc3nc(N)ccc3c1)[C@]1(C)O[C@H]1[C@H](C)[C@@H]1C[C@@](O)(NC(=O)O1)[C@H](OC)/C=C/C=C(\C)C2. The Kier molecular flexibility index (Phi) is 10.6. The van der Waals surface area contributed by atoms with Gasteiger partial charge < -0.3 is 39.4 Å². The summed E-state index contributed by atoms with van der Waals surface area (Å²) in [5.41, 5.74) is 6.04. The van der Waals surface area contributed by atoms with Crippen molar-refractivity contribution >= 4 is 57.8 Å². The second-order valence-electron chi connectivity index (χ2n) is 14.0. The fourth-order valence-electron chi connectivity index (χ4n) is 7.10. The minimum atomic E-state index is -1.82. The van der Waals surface area contributed by atoms with E-state index in [0.717, 1.165) is 16.5 Å². The maximum absolute atomic E-state index is 14.1. The number of carbonyl (C=O) groups excluding carboxylic acids is 3. The number of nitrogens with zero attached hydrogens (tertiary/aromatic N) is 2. The molecule has 3 aromatic rings. The number of fused-ring (bicyclic) bond motifs is 6.